The van der Waals surface area contributed by atoms with Crippen molar-refractivity contribution in [2.45, 2.75) is 83.1 Å². The second-order valence-electron chi connectivity index (χ2n) is 8.01. The molecule has 2 aliphatic carbocycles. The standard InChI is InChI=1S/C23H33Cl2N/c1-2-26(20-13-7-4-8-14-20)15-9-10-18-16-21(24)23(22(25)17-18)19-11-5-3-6-12-19/h9-10,16-17,19-20H,2-8,11-15H2,1H3/b10-9+. The maximum absolute atomic E-state index is 6.63. The molecule has 0 amide bonds. The van der Waals surface area contributed by atoms with Crippen LogP contribution in [-0.2, 0) is 0 Å². The third-order valence-electron chi connectivity index (χ3n) is 6.26. The minimum atomic E-state index is 0.545. The van der Waals surface area contributed by atoms with Crippen LogP contribution >= 0.6 is 23.2 Å². The lowest BCUT2D eigenvalue weighted by atomic mass is 9.84. The minimum Gasteiger partial charge on any atom is -0.297 e. The van der Waals surface area contributed by atoms with Crippen LogP contribution in [0.3, 0.4) is 0 Å². The Bertz CT molecular complexity index is 575. The van der Waals surface area contributed by atoms with Crippen LogP contribution in [0.4, 0.5) is 0 Å². The zero-order valence-electron chi connectivity index (χ0n) is 16.2. The molecule has 0 unspecified atom stereocenters. The molecule has 3 rings (SSSR count). The highest BCUT2D eigenvalue weighted by atomic mass is 35.5. The van der Waals surface area contributed by atoms with E-state index in [4.69, 9.17) is 23.2 Å². The Morgan fingerprint density at radius 1 is 0.923 bits per heavy atom. The van der Waals surface area contributed by atoms with Crippen molar-refractivity contribution in [3.05, 3.63) is 39.4 Å². The Morgan fingerprint density at radius 3 is 2.08 bits per heavy atom. The van der Waals surface area contributed by atoms with Crippen molar-refractivity contribution < 1.29 is 0 Å². The average Bonchev–Trinajstić information content (AvgIpc) is 2.66. The number of hydrogen-bond donors (Lipinski definition) is 0. The van der Waals surface area contributed by atoms with Gasteiger partial charge in [0.25, 0.3) is 0 Å². The molecule has 0 atom stereocenters. The van der Waals surface area contributed by atoms with Gasteiger partial charge >= 0.3 is 0 Å². The fourth-order valence-corrected chi connectivity index (χ4v) is 5.60. The first-order valence-electron chi connectivity index (χ1n) is 10.6. The van der Waals surface area contributed by atoms with Crippen LogP contribution in [0.25, 0.3) is 6.08 Å². The lowest BCUT2D eigenvalue weighted by molar-refractivity contribution is 0.181. The number of halogens is 2. The molecule has 0 bridgehead atoms. The molecular formula is C23H33Cl2N. The van der Waals surface area contributed by atoms with Gasteiger partial charge in [-0.15, -0.1) is 0 Å². The summed E-state index contributed by atoms with van der Waals surface area (Å²) in [6.07, 6.45) is 17.8. The fourth-order valence-electron chi connectivity index (χ4n) is 4.79. The van der Waals surface area contributed by atoms with Crippen LogP contribution in [0.2, 0.25) is 10.0 Å². The van der Waals surface area contributed by atoms with E-state index in [1.54, 1.807) is 0 Å². The lowest BCUT2D eigenvalue weighted by Gasteiger charge is -2.32. The molecule has 144 valence electrons. The Labute approximate surface area is 169 Å². The molecule has 2 aliphatic rings. The summed E-state index contributed by atoms with van der Waals surface area (Å²) in [4.78, 5) is 2.61. The van der Waals surface area contributed by atoms with E-state index in [1.165, 1.54) is 69.8 Å². The van der Waals surface area contributed by atoms with Crippen LogP contribution < -0.4 is 0 Å². The first kappa shape index (κ1) is 20.2. The summed E-state index contributed by atoms with van der Waals surface area (Å²) in [5, 5.41) is 1.70. The minimum absolute atomic E-state index is 0.545. The van der Waals surface area contributed by atoms with Crippen molar-refractivity contribution in [1.82, 2.24) is 4.90 Å². The van der Waals surface area contributed by atoms with Gasteiger partial charge < -0.3 is 0 Å². The zero-order chi connectivity index (χ0) is 18.4. The van der Waals surface area contributed by atoms with Crippen LogP contribution in [0.1, 0.15) is 88.2 Å². The van der Waals surface area contributed by atoms with Crippen molar-refractivity contribution in [2.24, 2.45) is 0 Å². The molecule has 0 N–H and O–H groups in total. The molecule has 3 heteroatoms. The number of likely N-dealkylation sites (N-methyl/N-ethyl adjacent to an activating group) is 1. The average molecular weight is 394 g/mol. The van der Waals surface area contributed by atoms with Crippen LogP contribution in [0.15, 0.2) is 18.2 Å². The van der Waals surface area contributed by atoms with Gasteiger partial charge in [-0.3, -0.25) is 4.90 Å². The van der Waals surface area contributed by atoms with E-state index in [1.807, 2.05) is 0 Å². The first-order valence-corrected chi connectivity index (χ1v) is 11.3. The van der Waals surface area contributed by atoms with Gasteiger partial charge in [-0.1, -0.05) is 80.8 Å². The SMILES string of the molecule is CCN(C/C=C/c1cc(Cl)c(C2CCCCC2)c(Cl)c1)C1CCCCC1. The molecular weight excluding hydrogens is 361 g/mol. The number of nitrogens with zero attached hydrogens (tertiary/aromatic N) is 1. The summed E-state index contributed by atoms with van der Waals surface area (Å²) >= 11 is 13.3. The second kappa shape index (κ2) is 10.2. The van der Waals surface area contributed by atoms with Gasteiger partial charge in [0.1, 0.15) is 0 Å². The molecule has 1 nitrogen and oxygen atoms in total. The third-order valence-corrected chi connectivity index (χ3v) is 6.89. The molecule has 0 radical (unpaired) electrons. The summed E-state index contributed by atoms with van der Waals surface area (Å²) in [6.45, 7) is 4.41. The molecule has 0 aliphatic heterocycles. The number of benzene rings is 1. The van der Waals surface area contributed by atoms with Crippen molar-refractivity contribution in [3.8, 4) is 0 Å². The Morgan fingerprint density at radius 2 is 1.50 bits per heavy atom. The van der Waals surface area contributed by atoms with Crippen molar-refractivity contribution in [1.29, 1.82) is 0 Å². The van der Waals surface area contributed by atoms with Gasteiger partial charge in [0.15, 0.2) is 0 Å². The summed E-state index contributed by atoms with van der Waals surface area (Å²) < 4.78 is 0. The molecule has 0 spiro atoms. The maximum atomic E-state index is 6.63. The van der Waals surface area contributed by atoms with Crippen LogP contribution in [0, 0.1) is 0 Å². The highest BCUT2D eigenvalue weighted by molar-refractivity contribution is 6.36. The monoisotopic (exact) mass is 393 g/mol. The maximum Gasteiger partial charge on any atom is 0.0461 e. The summed E-state index contributed by atoms with van der Waals surface area (Å²) in [5.41, 5.74) is 2.31. The second-order valence-corrected chi connectivity index (χ2v) is 8.83. The van der Waals surface area contributed by atoms with Crippen LogP contribution in [-0.4, -0.2) is 24.0 Å². The predicted molar refractivity (Wildman–Crippen MR) is 115 cm³/mol. The van der Waals surface area contributed by atoms with Gasteiger partial charge in [0, 0.05) is 22.6 Å². The van der Waals surface area contributed by atoms with E-state index in [-0.39, 0.29) is 0 Å². The zero-order valence-corrected chi connectivity index (χ0v) is 17.7. The smallest absolute Gasteiger partial charge is 0.0461 e. The highest BCUT2D eigenvalue weighted by Gasteiger charge is 2.21. The quantitative estimate of drug-likeness (QED) is 0.478. The van der Waals surface area contributed by atoms with E-state index in [9.17, 15) is 0 Å². The molecule has 0 aromatic heterocycles. The Balaban J connectivity index is 1.64. The summed E-state index contributed by atoms with van der Waals surface area (Å²) in [7, 11) is 0. The summed E-state index contributed by atoms with van der Waals surface area (Å²) in [6, 6.07) is 4.97. The van der Waals surface area contributed by atoms with Gasteiger partial charge in [-0.05, 0) is 61.4 Å². The van der Waals surface area contributed by atoms with Gasteiger partial charge in [0.05, 0.1) is 0 Å². The first-order chi connectivity index (χ1) is 12.7. The molecule has 1 aromatic carbocycles. The van der Waals surface area contributed by atoms with Gasteiger partial charge in [-0.25, -0.2) is 0 Å². The van der Waals surface area contributed by atoms with E-state index in [0.29, 0.717) is 5.92 Å². The topological polar surface area (TPSA) is 3.24 Å². The van der Waals surface area contributed by atoms with E-state index in [2.05, 4.69) is 36.1 Å². The number of hydrogen-bond acceptors (Lipinski definition) is 1. The Hall–Kier alpha value is -0.500. The fraction of sp³-hybridized carbons (Fsp3) is 0.652. The predicted octanol–water partition coefficient (Wildman–Crippen LogP) is 7.71. The third kappa shape index (κ3) is 5.27. The Kier molecular flexibility index (Phi) is 7.91. The van der Waals surface area contributed by atoms with Crippen LogP contribution in [0.5, 0.6) is 0 Å². The largest absolute Gasteiger partial charge is 0.297 e. The molecule has 0 saturated heterocycles. The highest BCUT2D eigenvalue weighted by Crippen LogP contribution is 2.40. The van der Waals surface area contributed by atoms with E-state index >= 15 is 0 Å². The van der Waals surface area contributed by atoms with E-state index < -0.39 is 0 Å². The van der Waals surface area contributed by atoms with Gasteiger partial charge in [0.2, 0.25) is 0 Å². The van der Waals surface area contributed by atoms with Gasteiger partial charge in [-0.2, -0.15) is 0 Å². The number of rotatable bonds is 6. The van der Waals surface area contributed by atoms with E-state index in [0.717, 1.165) is 34.7 Å². The molecule has 0 heterocycles. The molecule has 2 fully saturated rings. The summed E-state index contributed by atoms with van der Waals surface area (Å²) in [5.74, 6) is 0.545. The van der Waals surface area contributed by atoms with Crippen molar-refractivity contribution in [3.63, 3.8) is 0 Å². The van der Waals surface area contributed by atoms with Crippen molar-refractivity contribution in [2.75, 3.05) is 13.1 Å². The lowest BCUT2D eigenvalue weighted by Crippen LogP contribution is -2.36. The normalized spacial score (nSPS) is 20.3. The molecule has 2 saturated carbocycles. The molecule has 1 aromatic rings. The van der Waals surface area contributed by atoms with Crippen molar-refractivity contribution >= 4 is 29.3 Å². The molecule has 26 heavy (non-hydrogen) atoms.